The van der Waals surface area contributed by atoms with Crippen LogP contribution < -0.4 is 4.90 Å². The van der Waals surface area contributed by atoms with Gasteiger partial charge in [0.1, 0.15) is 5.82 Å². The lowest BCUT2D eigenvalue weighted by Gasteiger charge is -2.36. The lowest BCUT2D eigenvalue weighted by molar-refractivity contribution is 0.112. The Hall–Kier alpha value is -1.38. The first-order valence-electron chi connectivity index (χ1n) is 6.60. The molecule has 1 saturated carbocycles. The molecule has 2 nitrogen and oxygen atoms in total. The van der Waals surface area contributed by atoms with Crippen molar-refractivity contribution in [1.29, 1.82) is 0 Å². The molecule has 3 heteroatoms. The van der Waals surface area contributed by atoms with Crippen molar-refractivity contribution in [2.75, 3.05) is 11.9 Å². The lowest BCUT2D eigenvalue weighted by atomic mass is 9.86. The van der Waals surface area contributed by atoms with Crippen molar-refractivity contribution in [3.8, 4) is 0 Å². The lowest BCUT2D eigenvalue weighted by Crippen LogP contribution is -2.36. The monoisotopic (exact) mass is 249 g/mol. The van der Waals surface area contributed by atoms with E-state index in [-0.39, 0.29) is 5.56 Å². The minimum absolute atomic E-state index is 0.179. The summed E-state index contributed by atoms with van der Waals surface area (Å²) < 4.78 is 13.6. The Morgan fingerprint density at radius 1 is 1.39 bits per heavy atom. The van der Waals surface area contributed by atoms with E-state index >= 15 is 0 Å². The highest BCUT2D eigenvalue weighted by Crippen LogP contribution is 2.31. The van der Waals surface area contributed by atoms with Crippen LogP contribution in [0.1, 0.15) is 43.0 Å². The Labute approximate surface area is 108 Å². The Kier molecular flexibility index (Phi) is 4.00. The number of benzene rings is 1. The van der Waals surface area contributed by atoms with Gasteiger partial charge in [-0.2, -0.15) is 0 Å². The Balaban J connectivity index is 2.25. The summed E-state index contributed by atoms with van der Waals surface area (Å²) in [5.74, 6) is 0.276. The van der Waals surface area contributed by atoms with Gasteiger partial charge in [0.15, 0.2) is 6.29 Å². The van der Waals surface area contributed by atoms with Crippen molar-refractivity contribution in [2.24, 2.45) is 5.92 Å². The molecular weight excluding hydrogens is 229 g/mol. The smallest absolute Gasteiger partial charge is 0.155 e. The van der Waals surface area contributed by atoms with Gasteiger partial charge in [-0.15, -0.1) is 0 Å². The molecule has 98 valence electrons. The van der Waals surface area contributed by atoms with E-state index < -0.39 is 5.82 Å². The second kappa shape index (κ2) is 5.51. The SMILES string of the molecule is CC1CCCC(N(C)c2cccc(F)c2C=O)C1. The van der Waals surface area contributed by atoms with Crippen LogP contribution in [0.15, 0.2) is 18.2 Å². The molecule has 0 heterocycles. The summed E-state index contributed by atoms with van der Waals surface area (Å²) in [6, 6.07) is 5.24. The number of halogens is 1. The van der Waals surface area contributed by atoms with E-state index in [0.29, 0.717) is 23.9 Å². The van der Waals surface area contributed by atoms with Crippen molar-refractivity contribution < 1.29 is 9.18 Å². The van der Waals surface area contributed by atoms with Crippen LogP contribution in [0.2, 0.25) is 0 Å². The summed E-state index contributed by atoms with van der Waals surface area (Å²) in [4.78, 5) is 13.1. The maximum Gasteiger partial charge on any atom is 0.155 e. The van der Waals surface area contributed by atoms with Gasteiger partial charge in [0.2, 0.25) is 0 Å². The second-order valence-corrected chi connectivity index (χ2v) is 5.33. The molecule has 1 aliphatic rings. The number of hydrogen-bond donors (Lipinski definition) is 0. The molecule has 2 unspecified atom stereocenters. The predicted molar refractivity (Wildman–Crippen MR) is 71.6 cm³/mol. The van der Waals surface area contributed by atoms with E-state index in [1.54, 1.807) is 6.07 Å². The zero-order chi connectivity index (χ0) is 13.1. The van der Waals surface area contributed by atoms with Gasteiger partial charge in [-0.3, -0.25) is 4.79 Å². The van der Waals surface area contributed by atoms with Crippen molar-refractivity contribution in [3.63, 3.8) is 0 Å². The third-order valence-corrected chi connectivity index (χ3v) is 3.98. The minimum atomic E-state index is -0.432. The van der Waals surface area contributed by atoms with Crippen LogP contribution in [0.3, 0.4) is 0 Å². The van der Waals surface area contributed by atoms with Crippen LogP contribution in [0.4, 0.5) is 10.1 Å². The van der Waals surface area contributed by atoms with Gasteiger partial charge < -0.3 is 4.90 Å². The molecule has 0 amide bonds. The molecule has 0 spiro atoms. The molecule has 0 aromatic heterocycles. The fourth-order valence-corrected chi connectivity index (χ4v) is 2.90. The maximum absolute atomic E-state index is 13.6. The van der Waals surface area contributed by atoms with Crippen LogP contribution in [-0.4, -0.2) is 19.4 Å². The van der Waals surface area contributed by atoms with Gasteiger partial charge in [0.05, 0.1) is 11.3 Å². The highest BCUT2D eigenvalue weighted by Gasteiger charge is 2.24. The number of carbonyl (C=O) groups excluding carboxylic acids is 1. The van der Waals surface area contributed by atoms with Crippen molar-refractivity contribution in [1.82, 2.24) is 0 Å². The number of nitrogens with zero attached hydrogens (tertiary/aromatic N) is 1. The van der Waals surface area contributed by atoms with Crippen LogP contribution in [0.5, 0.6) is 0 Å². The number of hydrogen-bond acceptors (Lipinski definition) is 2. The van der Waals surface area contributed by atoms with E-state index in [1.165, 1.54) is 18.9 Å². The van der Waals surface area contributed by atoms with Crippen LogP contribution in [0, 0.1) is 11.7 Å². The average molecular weight is 249 g/mol. The first kappa shape index (κ1) is 13.1. The van der Waals surface area contributed by atoms with Gasteiger partial charge in [0.25, 0.3) is 0 Å². The number of anilines is 1. The third kappa shape index (κ3) is 2.55. The summed E-state index contributed by atoms with van der Waals surface area (Å²) in [5, 5.41) is 0. The molecule has 1 aromatic rings. The standard InChI is InChI=1S/C15H20FNO/c1-11-5-3-6-12(9-11)17(2)15-8-4-7-14(16)13(15)10-18/h4,7-8,10-12H,3,5-6,9H2,1-2H3. The summed E-state index contributed by atoms with van der Waals surface area (Å²) in [6.07, 6.45) is 5.34. The van der Waals surface area contributed by atoms with Gasteiger partial charge in [-0.05, 0) is 30.9 Å². The predicted octanol–water partition coefficient (Wildman–Crippen LogP) is 3.65. The maximum atomic E-state index is 13.6. The van der Waals surface area contributed by atoms with Crippen molar-refractivity contribution in [2.45, 2.75) is 38.6 Å². The summed E-state index contributed by atoms with van der Waals surface area (Å²) in [7, 11) is 1.96. The molecule has 2 atom stereocenters. The Bertz CT molecular complexity index is 433. The molecule has 0 bridgehead atoms. The average Bonchev–Trinajstić information content (AvgIpc) is 2.37. The topological polar surface area (TPSA) is 20.3 Å². The zero-order valence-electron chi connectivity index (χ0n) is 11.0. The van der Waals surface area contributed by atoms with Gasteiger partial charge in [0, 0.05) is 13.1 Å². The molecular formula is C15H20FNO. The fourth-order valence-electron chi connectivity index (χ4n) is 2.90. The van der Waals surface area contributed by atoms with E-state index in [0.717, 1.165) is 12.8 Å². The molecule has 2 rings (SSSR count). The normalized spacial score (nSPS) is 23.7. The third-order valence-electron chi connectivity index (χ3n) is 3.98. The highest BCUT2D eigenvalue weighted by atomic mass is 19.1. The Morgan fingerprint density at radius 2 is 2.17 bits per heavy atom. The van der Waals surface area contributed by atoms with E-state index in [1.807, 2.05) is 13.1 Å². The number of aldehydes is 1. The van der Waals surface area contributed by atoms with Crippen LogP contribution in [-0.2, 0) is 0 Å². The quantitative estimate of drug-likeness (QED) is 0.762. The molecule has 1 fully saturated rings. The first-order chi connectivity index (χ1) is 8.63. The summed E-state index contributed by atoms with van der Waals surface area (Å²) >= 11 is 0. The van der Waals surface area contributed by atoms with Gasteiger partial charge in [-0.1, -0.05) is 25.8 Å². The van der Waals surface area contributed by atoms with Gasteiger partial charge >= 0.3 is 0 Å². The number of carbonyl (C=O) groups is 1. The van der Waals surface area contributed by atoms with Crippen molar-refractivity contribution in [3.05, 3.63) is 29.6 Å². The molecule has 0 aliphatic heterocycles. The summed E-state index contributed by atoms with van der Waals surface area (Å²) in [5.41, 5.74) is 0.891. The minimum Gasteiger partial charge on any atom is -0.371 e. The highest BCUT2D eigenvalue weighted by molar-refractivity contribution is 5.85. The molecule has 18 heavy (non-hydrogen) atoms. The molecule has 1 aliphatic carbocycles. The van der Waals surface area contributed by atoms with E-state index in [9.17, 15) is 9.18 Å². The van der Waals surface area contributed by atoms with E-state index in [2.05, 4.69) is 11.8 Å². The molecule has 0 radical (unpaired) electrons. The second-order valence-electron chi connectivity index (χ2n) is 5.33. The van der Waals surface area contributed by atoms with Crippen molar-refractivity contribution >= 4 is 12.0 Å². The first-order valence-corrected chi connectivity index (χ1v) is 6.60. The Morgan fingerprint density at radius 3 is 2.83 bits per heavy atom. The molecule has 0 N–H and O–H groups in total. The van der Waals surface area contributed by atoms with E-state index in [4.69, 9.17) is 0 Å². The molecule has 1 aromatic carbocycles. The summed E-state index contributed by atoms with van der Waals surface area (Å²) in [6.45, 7) is 2.26. The fraction of sp³-hybridized carbons (Fsp3) is 0.533. The van der Waals surface area contributed by atoms with Crippen LogP contribution in [0.25, 0.3) is 0 Å². The largest absolute Gasteiger partial charge is 0.371 e. The molecule has 0 saturated heterocycles. The number of rotatable bonds is 3. The van der Waals surface area contributed by atoms with Gasteiger partial charge in [-0.25, -0.2) is 4.39 Å². The zero-order valence-corrected chi connectivity index (χ0v) is 11.0. The van der Waals surface area contributed by atoms with Crippen LogP contribution >= 0.6 is 0 Å².